The number of halogens is 1. The van der Waals surface area contributed by atoms with Crippen LogP contribution in [0.1, 0.15) is 79.0 Å². The van der Waals surface area contributed by atoms with Crippen LogP contribution in [0.25, 0.3) is 0 Å². The molecule has 2 aromatic carbocycles. The largest absolute Gasteiger partial charge is 0.497 e. The van der Waals surface area contributed by atoms with Crippen LogP contribution in [-0.2, 0) is 20.4 Å². The standard InChI is InChI=1S/C36H51FN4O7SSi/c1-22(2)50(23(3)4,24(5)6)47-16-15-46-30-19-28(44-10)18-29(31(30)37)32(33(49-12)41-35(43)45-11)40-27-14-13-25(20-38)26(17-27)21-39-34(42)48-36(7,8)9/h13-14,17-19,22-24H,15-16,21H2,1-12H3,(H,39,42)/b40-32?,41-33-. The van der Waals surface area contributed by atoms with Gasteiger partial charge in [0.15, 0.2) is 19.9 Å². The Bertz CT molecular complexity index is 1580. The predicted octanol–water partition coefficient (Wildman–Crippen LogP) is 8.95. The highest BCUT2D eigenvalue weighted by Gasteiger charge is 2.45. The summed E-state index contributed by atoms with van der Waals surface area (Å²) in [4.78, 5) is 33.4. The molecule has 274 valence electrons. The zero-order valence-electron chi connectivity index (χ0n) is 31.2. The maximum absolute atomic E-state index is 16.5. The number of hydrogen-bond acceptors (Lipinski definition) is 10. The molecule has 0 heterocycles. The van der Waals surface area contributed by atoms with Crippen molar-refractivity contribution in [3.8, 4) is 17.6 Å². The van der Waals surface area contributed by atoms with Crippen molar-refractivity contribution >= 4 is 48.7 Å². The minimum Gasteiger partial charge on any atom is -0.497 e. The molecule has 0 aliphatic rings. The van der Waals surface area contributed by atoms with Gasteiger partial charge in [-0.2, -0.15) is 10.3 Å². The molecule has 50 heavy (non-hydrogen) atoms. The number of ether oxygens (including phenoxy) is 4. The number of amides is 2. The van der Waals surface area contributed by atoms with Gasteiger partial charge < -0.3 is 28.7 Å². The number of carbonyl (C=O) groups is 2. The molecular formula is C36H51FN4O7SSi. The summed E-state index contributed by atoms with van der Waals surface area (Å²) in [5.74, 6) is -0.570. The van der Waals surface area contributed by atoms with Crippen molar-refractivity contribution in [1.29, 1.82) is 5.26 Å². The van der Waals surface area contributed by atoms with Crippen LogP contribution in [0, 0.1) is 17.1 Å². The Morgan fingerprint density at radius 3 is 2.18 bits per heavy atom. The third-order valence-corrected chi connectivity index (χ3v) is 14.7. The highest BCUT2D eigenvalue weighted by atomic mass is 32.2. The summed E-state index contributed by atoms with van der Waals surface area (Å²) in [7, 11) is 0.449. The van der Waals surface area contributed by atoms with E-state index in [0.717, 1.165) is 11.8 Å². The molecule has 0 atom stereocenters. The molecule has 0 aliphatic heterocycles. The number of thioether (sulfide) groups is 1. The molecule has 2 rings (SSSR count). The summed E-state index contributed by atoms with van der Waals surface area (Å²) in [6, 6.07) is 9.64. The summed E-state index contributed by atoms with van der Waals surface area (Å²) in [6.07, 6.45) is 0.0926. The number of nitrogens with zero attached hydrogens (tertiary/aromatic N) is 3. The van der Waals surface area contributed by atoms with Crippen molar-refractivity contribution < 1.29 is 37.4 Å². The first kappa shape index (κ1) is 42.2. The molecule has 2 amide bonds. The van der Waals surface area contributed by atoms with Gasteiger partial charge >= 0.3 is 12.2 Å². The Kier molecular flexibility index (Phi) is 16.0. The molecule has 0 unspecified atom stereocenters. The van der Waals surface area contributed by atoms with E-state index in [0.29, 0.717) is 33.4 Å². The summed E-state index contributed by atoms with van der Waals surface area (Å²) >= 11 is 1.06. The van der Waals surface area contributed by atoms with Crippen molar-refractivity contribution in [3.05, 3.63) is 52.8 Å². The number of hydrogen-bond donors (Lipinski definition) is 1. The number of nitriles is 1. The summed E-state index contributed by atoms with van der Waals surface area (Å²) in [5.41, 5.74) is 1.36. The van der Waals surface area contributed by atoms with E-state index in [1.165, 1.54) is 32.4 Å². The highest BCUT2D eigenvalue weighted by molar-refractivity contribution is 8.15. The summed E-state index contributed by atoms with van der Waals surface area (Å²) < 4.78 is 44.6. The summed E-state index contributed by atoms with van der Waals surface area (Å²) in [6.45, 7) is 18.7. The van der Waals surface area contributed by atoms with E-state index in [1.807, 2.05) is 0 Å². The fraction of sp³-hybridized carbons (Fsp3) is 0.528. The molecule has 0 fully saturated rings. The molecule has 1 N–H and O–H groups in total. The van der Waals surface area contributed by atoms with E-state index < -0.39 is 31.9 Å². The topological polar surface area (TPSA) is 141 Å². The van der Waals surface area contributed by atoms with Crippen molar-refractivity contribution in [2.45, 2.75) is 91.1 Å². The van der Waals surface area contributed by atoms with Gasteiger partial charge in [-0.05, 0) is 73.5 Å². The first-order valence-corrected chi connectivity index (χ1v) is 19.7. The lowest BCUT2D eigenvalue weighted by Crippen LogP contribution is -2.48. The zero-order chi connectivity index (χ0) is 37.8. The Morgan fingerprint density at radius 2 is 1.66 bits per heavy atom. The molecule has 0 aliphatic carbocycles. The smallest absolute Gasteiger partial charge is 0.434 e. The van der Waals surface area contributed by atoms with Gasteiger partial charge in [-0.1, -0.05) is 41.5 Å². The van der Waals surface area contributed by atoms with Crippen molar-refractivity contribution in [2.75, 3.05) is 33.7 Å². The summed E-state index contributed by atoms with van der Waals surface area (Å²) in [5, 5.41) is 12.4. The molecule has 11 nitrogen and oxygen atoms in total. The van der Waals surface area contributed by atoms with Crippen molar-refractivity contribution in [3.63, 3.8) is 0 Å². The monoisotopic (exact) mass is 730 g/mol. The van der Waals surface area contributed by atoms with Crippen LogP contribution in [0.2, 0.25) is 16.6 Å². The molecule has 0 bridgehead atoms. The van der Waals surface area contributed by atoms with Gasteiger partial charge in [0, 0.05) is 18.2 Å². The average molecular weight is 731 g/mol. The number of benzene rings is 2. The van der Waals surface area contributed by atoms with Crippen LogP contribution in [0.4, 0.5) is 19.7 Å². The average Bonchev–Trinajstić information content (AvgIpc) is 3.04. The van der Waals surface area contributed by atoms with Gasteiger partial charge in [-0.15, -0.1) is 11.8 Å². The number of nitrogens with one attached hydrogen (secondary N) is 1. The third-order valence-electron chi connectivity index (χ3n) is 7.94. The van der Waals surface area contributed by atoms with Gasteiger partial charge in [0.05, 0.1) is 38.1 Å². The number of aliphatic imine (C=N–C) groups is 2. The predicted molar refractivity (Wildman–Crippen MR) is 199 cm³/mol. The van der Waals surface area contributed by atoms with E-state index in [-0.39, 0.29) is 47.6 Å². The van der Waals surface area contributed by atoms with Crippen LogP contribution in [0.15, 0.2) is 40.3 Å². The van der Waals surface area contributed by atoms with Crippen LogP contribution < -0.4 is 14.8 Å². The maximum Gasteiger partial charge on any atom is 0.434 e. The Labute approximate surface area is 301 Å². The Hall–Kier alpha value is -3.93. The number of methoxy groups -OCH3 is 2. The van der Waals surface area contributed by atoms with Crippen LogP contribution in [0.5, 0.6) is 11.5 Å². The van der Waals surface area contributed by atoms with Gasteiger partial charge in [0.25, 0.3) is 0 Å². The normalized spacial score (nSPS) is 12.6. The van der Waals surface area contributed by atoms with Crippen molar-refractivity contribution in [1.82, 2.24) is 5.32 Å². The lowest BCUT2D eigenvalue weighted by atomic mass is 10.1. The van der Waals surface area contributed by atoms with Crippen LogP contribution in [0.3, 0.4) is 0 Å². The molecule has 0 saturated carbocycles. The quantitative estimate of drug-likeness (QED) is 0.0873. The number of rotatable bonds is 14. The van der Waals surface area contributed by atoms with Crippen molar-refractivity contribution in [2.24, 2.45) is 9.98 Å². The molecule has 0 radical (unpaired) electrons. The third kappa shape index (κ3) is 11.3. The van der Waals surface area contributed by atoms with Crippen LogP contribution in [-0.4, -0.2) is 70.5 Å². The fourth-order valence-electron chi connectivity index (χ4n) is 5.90. The van der Waals surface area contributed by atoms with Gasteiger partial charge in [-0.3, -0.25) is 0 Å². The first-order valence-electron chi connectivity index (χ1n) is 16.4. The molecule has 2 aromatic rings. The molecule has 0 aromatic heterocycles. The highest BCUT2D eigenvalue weighted by Crippen LogP contribution is 2.42. The minimum absolute atomic E-state index is 0.0120. The van der Waals surface area contributed by atoms with Gasteiger partial charge in [0.1, 0.15) is 28.7 Å². The van der Waals surface area contributed by atoms with Gasteiger partial charge in [0.2, 0.25) is 0 Å². The fourth-order valence-corrected chi connectivity index (χ4v) is 11.9. The number of alkyl carbamates (subject to hydrolysis) is 1. The molecule has 14 heteroatoms. The van der Waals surface area contributed by atoms with Gasteiger partial charge in [-0.25, -0.2) is 19.0 Å². The molecular weight excluding hydrogens is 680 g/mol. The zero-order valence-corrected chi connectivity index (χ0v) is 33.0. The number of carbonyl (C=O) groups excluding carboxylic acids is 2. The second-order valence-corrected chi connectivity index (χ2v) is 19.6. The van der Waals surface area contributed by atoms with Crippen LogP contribution >= 0.6 is 11.8 Å². The minimum atomic E-state index is -2.17. The molecule has 0 spiro atoms. The molecule has 0 saturated heterocycles. The second-order valence-electron chi connectivity index (χ2n) is 13.4. The van der Waals surface area contributed by atoms with E-state index in [9.17, 15) is 14.9 Å². The lowest BCUT2D eigenvalue weighted by molar-refractivity contribution is 0.0523. The second kappa shape index (κ2) is 18.9. The maximum atomic E-state index is 16.5. The van der Waals surface area contributed by atoms with E-state index in [4.69, 9.17) is 28.4 Å². The Balaban J connectivity index is 2.63. The van der Waals surface area contributed by atoms with E-state index in [2.05, 4.69) is 57.9 Å². The Morgan fingerprint density at radius 1 is 1.02 bits per heavy atom. The SMILES string of the molecule is COC(=O)/N=C(\SC)C(=Nc1ccc(C#N)c(CNC(=O)OC(C)(C)C)c1)c1cc(OC)cc(OCCO[Si](C(C)C)(C(C)C)C(C)C)c1F. The van der Waals surface area contributed by atoms with E-state index in [1.54, 1.807) is 39.2 Å². The lowest BCUT2D eigenvalue weighted by Gasteiger charge is -2.42. The first-order chi connectivity index (χ1) is 23.4. The van der Waals surface area contributed by atoms with E-state index >= 15 is 4.39 Å².